The van der Waals surface area contributed by atoms with Crippen molar-refractivity contribution in [2.24, 2.45) is 0 Å². The highest BCUT2D eigenvalue weighted by molar-refractivity contribution is 5.72. The van der Waals surface area contributed by atoms with Gasteiger partial charge in [0, 0.05) is 6.54 Å². The van der Waals surface area contributed by atoms with E-state index in [2.05, 4.69) is 11.4 Å². The number of rotatable bonds is 0. The highest BCUT2D eigenvalue weighted by Crippen LogP contribution is 2.27. The van der Waals surface area contributed by atoms with Gasteiger partial charge in [-0.2, -0.15) is 0 Å². The van der Waals surface area contributed by atoms with E-state index in [-0.39, 0.29) is 0 Å². The Balaban J connectivity index is 0.000000251. The third-order valence-electron chi connectivity index (χ3n) is 1.88. The van der Waals surface area contributed by atoms with Gasteiger partial charge in [-0.25, -0.2) is 0 Å². The standard InChI is InChI=1S/C8H10N2.C2H4O/c9-7-3-1-2-6-4-5-10-8(6)7;1-2-3/h1-3,10H,4-5,9H2;2H,1H3. The van der Waals surface area contributed by atoms with E-state index in [9.17, 15) is 0 Å². The van der Waals surface area contributed by atoms with Crippen molar-refractivity contribution in [3.8, 4) is 0 Å². The van der Waals surface area contributed by atoms with E-state index >= 15 is 0 Å². The summed E-state index contributed by atoms with van der Waals surface area (Å²) in [6, 6.07) is 6.05. The van der Waals surface area contributed by atoms with Gasteiger partial charge in [0.1, 0.15) is 6.29 Å². The number of anilines is 2. The molecule has 0 unspecified atom stereocenters. The Labute approximate surface area is 77.9 Å². The van der Waals surface area contributed by atoms with Crippen molar-refractivity contribution in [1.29, 1.82) is 0 Å². The van der Waals surface area contributed by atoms with Gasteiger partial charge in [0.25, 0.3) is 0 Å². The number of aldehydes is 1. The molecule has 1 aromatic carbocycles. The Morgan fingerprint density at radius 1 is 1.54 bits per heavy atom. The van der Waals surface area contributed by atoms with Gasteiger partial charge in [0.15, 0.2) is 0 Å². The Kier molecular flexibility index (Phi) is 3.31. The van der Waals surface area contributed by atoms with Crippen LogP contribution in [0.25, 0.3) is 0 Å². The largest absolute Gasteiger partial charge is 0.397 e. The molecule has 0 saturated carbocycles. The van der Waals surface area contributed by atoms with Crippen LogP contribution in [0.1, 0.15) is 12.5 Å². The van der Waals surface area contributed by atoms with Crippen LogP contribution < -0.4 is 11.1 Å². The molecule has 1 aliphatic heterocycles. The second-order valence-corrected chi connectivity index (χ2v) is 2.79. The Morgan fingerprint density at radius 3 is 2.85 bits per heavy atom. The second-order valence-electron chi connectivity index (χ2n) is 2.79. The van der Waals surface area contributed by atoms with Gasteiger partial charge in [-0.1, -0.05) is 12.1 Å². The lowest BCUT2D eigenvalue weighted by Crippen LogP contribution is -1.95. The molecule has 0 aromatic heterocycles. The fourth-order valence-corrected chi connectivity index (χ4v) is 1.37. The van der Waals surface area contributed by atoms with E-state index in [0.717, 1.165) is 30.6 Å². The molecule has 0 radical (unpaired) electrons. The number of carbonyl (C=O) groups excluding carboxylic acids is 1. The summed E-state index contributed by atoms with van der Waals surface area (Å²) >= 11 is 0. The summed E-state index contributed by atoms with van der Waals surface area (Å²) in [4.78, 5) is 8.81. The molecule has 1 heterocycles. The van der Waals surface area contributed by atoms with Crippen LogP contribution in [-0.2, 0) is 11.2 Å². The quantitative estimate of drug-likeness (QED) is 0.467. The first-order valence-corrected chi connectivity index (χ1v) is 4.30. The Hall–Kier alpha value is -1.51. The van der Waals surface area contributed by atoms with Crippen LogP contribution in [0, 0.1) is 0 Å². The number of hydrogen-bond acceptors (Lipinski definition) is 3. The molecule has 2 rings (SSSR count). The number of nitrogens with one attached hydrogen (secondary N) is 1. The summed E-state index contributed by atoms with van der Waals surface area (Å²) in [5.41, 5.74) is 9.07. The summed E-state index contributed by atoms with van der Waals surface area (Å²) < 4.78 is 0. The van der Waals surface area contributed by atoms with Crippen molar-refractivity contribution in [1.82, 2.24) is 0 Å². The summed E-state index contributed by atoms with van der Waals surface area (Å²) in [6.07, 6.45) is 1.86. The molecule has 0 spiro atoms. The summed E-state index contributed by atoms with van der Waals surface area (Å²) in [5, 5.41) is 3.24. The summed E-state index contributed by atoms with van der Waals surface area (Å²) in [7, 11) is 0. The van der Waals surface area contributed by atoms with Gasteiger partial charge >= 0.3 is 0 Å². The lowest BCUT2D eigenvalue weighted by atomic mass is 10.1. The maximum Gasteiger partial charge on any atom is 0.116 e. The number of fused-ring (bicyclic) bond motifs is 1. The number of nitrogen functional groups attached to an aromatic ring is 1. The number of nitrogens with two attached hydrogens (primary N) is 1. The number of hydrogen-bond donors (Lipinski definition) is 2. The third-order valence-corrected chi connectivity index (χ3v) is 1.88. The van der Waals surface area contributed by atoms with Crippen molar-refractivity contribution < 1.29 is 4.79 Å². The second kappa shape index (κ2) is 4.50. The van der Waals surface area contributed by atoms with Gasteiger partial charge in [0.2, 0.25) is 0 Å². The molecule has 0 amide bonds. The first-order valence-electron chi connectivity index (χ1n) is 4.30. The summed E-state index contributed by atoms with van der Waals surface area (Å²) in [5.74, 6) is 0. The minimum Gasteiger partial charge on any atom is -0.397 e. The molecule has 0 fully saturated rings. The molecule has 1 aliphatic rings. The smallest absolute Gasteiger partial charge is 0.116 e. The molecule has 0 atom stereocenters. The lowest BCUT2D eigenvalue weighted by molar-refractivity contribution is -0.106. The van der Waals surface area contributed by atoms with Crippen molar-refractivity contribution in [2.45, 2.75) is 13.3 Å². The first-order chi connectivity index (χ1) is 6.29. The van der Waals surface area contributed by atoms with E-state index in [4.69, 9.17) is 10.5 Å². The molecule has 3 N–H and O–H groups in total. The average molecular weight is 178 g/mol. The van der Waals surface area contributed by atoms with Crippen LogP contribution in [0.4, 0.5) is 11.4 Å². The fourth-order valence-electron chi connectivity index (χ4n) is 1.37. The highest BCUT2D eigenvalue weighted by atomic mass is 16.1. The maximum absolute atomic E-state index is 8.81. The van der Waals surface area contributed by atoms with E-state index in [1.807, 2.05) is 12.1 Å². The lowest BCUT2D eigenvalue weighted by Gasteiger charge is -2.01. The van der Waals surface area contributed by atoms with Crippen LogP contribution in [0.2, 0.25) is 0 Å². The highest BCUT2D eigenvalue weighted by Gasteiger charge is 2.10. The van der Waals surface area contributed by atoms with Crippen molar-refractivity contribution >= 4 is 17.7 Å². The Morgan fingerprint density at radius 2 is 2.23 bits per heavy atom. The molecular weight excluding hydrogens is 164 g/mol. The van der Waals surface area contributed by atoms with E-state index < -0.39 is 0 Å². The minimum atomic E-state index is 0.750. The monoisotopic (exact) mass is 178 g/mol. The van der Waals surface area contributed by atoms with Crippen LogP contribution in [0.5, 0.6) is 0 Å². The van der Waals surface area contributed by atoms with E-state index in [1.54, 1.807) is 0 Å². The zero-order valence-corrected chi connectivity index (χ0v) is 7.71. The molecular formula is C10H14N2O. The maximum atomic E-state index is 8.81. The van der Waals surface area contributed by atoms with Gasteiger partial charge < -0.3 is 15.8 Å². The van der Waals surface area contributed by atoms with Crippen LogP contribution in [0.15, 0.2) is 18.2 Å². The zero-order chi connectivity index (χ0) is 9.68. The van der Waals surface area contributed by atoms with Gasteiger partial charge in [-0.3, -0.25) is 0 Å². The van der Waals surface area contributed by atoms with Crippen LogP contribution in [0.3, 0.4) is 0 Å². The molecule has 0 saturated heterocycles. The molecule has 13 heavy (non-hydrogen) atoms. The topological polar surface area (TPSA) is 55.1 Å². The van der Waals surface area contributed by atoms with Crippen molar-refractivity contribution in [3.05, 3.63) is 23.8 Å². The number of para-hydroxylation sites is 1. The molecule has 3 heteroatoms. The average Bonchev–Trinajstić information content (AvgIpc) is 2.54. The molecule has 3 nitrogen and oxygen atoms in total. The van der Waals surface area contributed by atoms with Crippen LogP contribution >= 0.6 is 0 Å². The molecule has 70 valence electrons. The van der Waals surface area contributed by atoms with Gasteiger partial charge in [0.05, 0.1) is 11.4 Å². The normalized spacial score (nSPS) is 12.1. The van der Waals surface area contributed by atoms with Crippen molar-refractivity contribution in [2.75, 3.05) is 17.6 Å². The minimum absolute atomic E-state index is 0.750. The molecule has 0 aliphatic carbocycles. The molecule has 1 aromatic rings. The van der Waals surface area contributed by atoms with E-state index in [1.165, 1.54) is 12.5 Å². The van der Waals surface area contributed by atoms with Gasteiger partial charge in [-0.15, -0.1) is 0 Å². The number of benzene rings is 1. The number of carbonyl (C=O) groups is 1. The third kappa shape index (κ3) is 2.21. The SMILES string of the molecule is CC=O.Nc1cccc2c1NCC2. The fraction of sp³-hybridized carbons (Fsp3) is 0.300. The van der Waals surface area contributed by atoms with Crippen molar-refractivity contribution in [3.63, 3.8) is 0 Å². The van der Waals surface area contributed by atoms with Crippen LogP contribution in [-0.4, -0.2) is 12.8 Å². The first kappa shape index (κ1) is 9.58. The van der Waals surface area contributed by atoms with E-state index in [0.29, 0.717) is 0 Å². The summed E-state index contributed by atoms with van der Waals surface area (Å²) in [6.45, 7) is 2.48. The predicted molar refractivity (Wildman–Crippen MR) is 54.8 cm³/mol. The van der Waals surface area contributed by atoms with Gasteiger partial charge in [-0.05, 0) is 25.0 Å². The Bertz CT molecular complexity index is 297. The molecule has 0 bridgehead atoms. The zero-order valence-electron chi connectivity index (χ0n) is 7.71. The predicted octanol–water partition coefficient (Wildman–Crippen LogP) is 1.44.